The molecule has 0 saturated heterocycles. The number of carbonyl (C=O) groups is 3. The van der Waals surface area contributed by atoms with E-state index < -0.39 is 17.6 Å². The Morgan fingerprint density at radius 2 is 1.62 bits per heavy atom. The Bertz CT molecular complexity index is 1150. The fraction of sp³-hybridized carbons (Fsp3) is 0.160. The van der Waals surface area contributed by atoms with Gasteiger partial charge in [-0.3, -0.25) is 14.4 Å². The Kier molecular flexibility index (Phi) is 8.17. The number of nitrogens with two attached hydrogens (primary N) is 1. The summed E-state index contributed by atoms with van der Waals surface area (Å²) in [5, 5.41) is 5.43. The second-order valence-corrected chi connectivity index (χ2v) is 7.39. The van der Waals surface area contributed by atoms with Crippen molar-refractivity contribution >= 4 is 34.8 Å². The molecule has 0 heterocycles. The first-order valence-electron chi connectivity index (χ1n) is 10.5. The third-order valence-electron chi connectivity index (χ3n) is 4.95. The molecule has 0 saturated carbocycles. The van der Waals surface area contributed by atoms with Gasteiger partial charge in [0, 0.05) is 24.3 Å². The van der Waals surface area contributed by atoms with Crippen LogP contribution < -0.4 is 26.0 Å². The summed E-state index contributed by atoms with van der Waals surface area (Å²) in [6.07, 6.45) is 0.0654. The Morgan fingerprint density at radius 3 is 2.26 bits per heavy atom. The molecule has 8 nitrogen and oxygen atoms in total. The highest BCUT2D eigenvalue weighted by molar-refractivity contribution is 6.10. The Morgan fingerprint density at radius 1 is 0.941 bits per heavy atom. The summed E-state index contributed by atoms with van der Waals surface area (Å²) in [6.45, 7) is 0.162. The first kappa shape index (κ1) is 24.2. The number of primary amides is 1. The number of benzene rings is 3. The number of hydrogen-bond donors (Lipinski definition) is 3. The van der Waals surface area contributed by atoms with Crippen molar-refractivity contribution in [1.82, 2.24) is 0 Å². The number of halogens is 1. The Hall–Kier alpha value is -4.40. The molecule has 4 N–H and O–H groups in total. The third-order valence-corrected chi connectivity index (χ3v) is 4.95. The zero-order valence-corrected chi connectivity index (χ0v) is 18.6. The van der Waals surface area contributed by atoms with E-state index in [-0.39, 0.29) is 31.0 Å². The number of nitrogens with one attached hydrogen (secondary N) is 2. The van der Waals surface area contributed by atoms with Crippen molar-refractivity contribution in [2.24, 2.45) is 5.73 Å². The van der Waals surface area contributed by atoms with Crippen LogP contribution in [0.1, 0.15) is 16.8 Å². The first-order chi connectivity index (χ1) is 16.4. The van der Waals surface area contributed by atoms with Crippen LogP contribution in [0.4, 0.5) is 21.5 Å². The lowest BCUT2D eigenvalue weighted by Gasteiger charge is -2.24. The summed E-state index contributed by atoms with van der Waals surface area (Å²) in [4.78, 5) is 38.6. The lowest BCUT2D eigenvalue weighted by molar-refractivity contribution is -0.118. The van der Waals surface area contributed by atoms with Crippen molar-refractivity contribution < 1.29 is 23.5 Å². The minimum Gasteiger partial charge on any atom is -0.497 e. The number of para-hydroxylation sites is 1. The monoisotopic (exact) mass is 464 g/mol. The summed E-state index contributed by atoms with van der Waals surface area (Å²) in [5.74, 6) is -1.08. The van der Waals surface area contributed by atoms with Gasteiger partial charge in [0.1, 0.15) is 11.6 Å². The molecule has 0 radical (unpaired) electrons. The van der Waals surface area contributed by atoms with Gasteiger partial charge in [0.25, 0.3) is 5.91 Å². The molecule has 3 aromatic carbocycles. The summed E-state index contributed by atoms with van der Waals surface area (Å²) >= 11 is 0. The largest absolute Gasteiger partial charge is 0.497 e. The van der Waals surface area contributed by atoms with Crippen LogP contribution in [0.2, 0.25) is 0 Å². The molecule has 0 spiro atoms. The molecule has 0 atom stereocenters. The molecule has 0 unspecified atom stereocenters. The summed E-state index contributed by atoms with van der Waals surface area (Å²) in [6, 6.07) is 19.0. The van der Waals surface area contributed by atoms with Crippen molar-refractivity contribution in [1.29, 1.82) is 0 Å². The van der Waals surface area contributed by atoms with E-state index in [4.69, 9.17) is 10.5 Å². The van der Waals surface area contributed by atoms with Gasteiger partial charge < -0.3 is 26.0 Å². The van der Waals surface area contributed by atoms with E-state index in [1.165, 1.54) is 24.3 Å². The number of carbonyl (C=O) groups excluding carboxylic acids is 3. The zero-order valence-electron chi connectivity index (χ0n) is 18.6. The minimum atomic E-state index is -0.485. The molecule has 34 heavy (non-hydrogen) atoms. The van der Waals surface area contributed by atoms with Crippen LogP contribution in [-0.4, -0.2) is 37.9 Å². The van der Waals surface area contributed by atoms with E-state index in [1.807, 2.05) is 0 Å². The molecule has 3 amide bonds. The summed E-state index contributed by atoms with van der Waals surface area (Å²) < 4.78 is 18.3. The van der Waals surface area contributed by atoms with Gasteiger partial charge in [0.15, 0.2) is 0 Å². The van der Waals surface area contributed by atoms with E-state index >= 15 is 0 Å². The van der Waals surface area contributed by atoms with Crippen LogP contribution >= 0.6 is 0 Å². The van der Waals surface area contributed by atoms with Crippen molar-refractivity contribution in [3.63, 3.8) is 0 Å². The highest BCUT2D eigenvalue weighted by Gasteiger charge is 2.17. The van der Waals surface area contributed by atoms with Gasteiger partial charge in [-0.05, 0) is 60.7 Å². The van der Waals surface area contributed by atoms with Crippen LogP contribution in [0.15, 0.2) is 72.8 Å². The van der Waals surface area contributed by atoms with Gasteiger partial charge >= 0.3 is 0 Å². The quantitative estimate of drug-likeness (QED) is 0.426. The van der Waals surface area contributed by atoms with Crippen LogP contribution in [0.5, 0.6) is 5.75 Å². The molecule has 0 fully saturated rings. The van der Waals surface area contributed by atoms with E-state index in [9.17, 15) is 18.8 Å². The molecular formula is C25H25FN4O4. The van der Waals surface area contributed by atoms with Gasteiger partial charge in [-0.25, -0.2) is 4.39 Å². The van der Waals surface area contributed by atoms with Gasteiger partial charge in [0.05, 0.1) is 24.9 Å². The number of anilines is 3. The summed E-state index contributed by atoms with van der Waals surface area (Å²) in [5.41, 5.74) is 6.98. The molecule has 0 aliphatic heterocycles. The highest BCUT2D eigenvalue weighted by Crippen LogP contribution is 2.21. The molecule has 0 aliphatic carbocycles. The normalized spacial score (nSPS) is 10.3. The number of rotatable bonds is 10. The second-order valence-electron chi connectivity index (χ2n) is 7.39. The smallest absolute Gasteiger partial charge is 0.257 e. The average molecular weight is 464 g/mol. The Labute approximate surface area is 196 Å². The summed E-state index contributed by atoms with van der Waals surface area (Å²) in [7, 11) is 1.55. The maximum absolute atomic E-state index is 13.1. The second kappa shape index (κ2) is 11.5. The van der Waals surface area contributed by atoms with Crippen LogP contribution in [0.25, 0.3) is 0 Å². The van der Waals surface area contributed by atoms with Crippen molar-refractivity contribution in [3.05, 3.63) is 84.2 Å². The van der Waals surface area contributed by atoms with Crippen LogP contribution in [0, 0.1) is 5.82 Å². The standard InChI is InChI=1S/C25H25FN4O4/c1-34-20-12-10-19(11-13-20)30(15-14-23(27)31)16-24(32)29-22-5-3-2-4-21(22)25(33)28-18-8-6-17(26)7-9-18/h2-13H,14-16H2,1H3,(H2,27,31)(H,28,33)(H,29,32). The SMILES string of the molecule is COc1ccc(N(CCC(N)=O)CC(=O)Nc2ccccc2C(=O)Nc2ccc(F)cc2)cc1. The van der Waals surface area contributed by atoms with Crippen LogP contribution in [0.3, 0.4) is 0 Å². The number of amides is 3. The predicted molar refractivity (Wildman–Crippen MR) is 128 cm³/mol. The topological polar surface area (TPSA) is 114 Å². The number of nitrogens with zero attached hydrogens (tertiary/aromatic N) is 1. The molecule has 0 bridgehead atoms. The lowest BCUT2D eigenvalue weighted by Crippen LogP contribution is -2.36. The van der Waals surface area contributed by atoms with E-state index in [1.54, 1.807) is 60.5 Å². The van der Waals surface area contributed by atoms with Gasteiger partial charge in [-0.1, -0.05) is 12.1 Å². The number of methoxy groups -OCH3 is 1. The van der Waals surface area contributed by atoms with E-state index in [0.717, 1.165) is 0 Å². The molecule has 0 aromatic heterocycles. The third kappa shape index (κ3) is 6.80. The number of hydrogen-bond acceptors (Lipinski definition) is 5. The average Bonchev–Trinajstić information content (AvgIpc) is 2.83. The van der Waals surface area contributed by atoms with Gasteiger partial charge in [0.2, 0.25) is 11.8 Å². The lowest BCUT2D eigenvalue weighted by atomic mass is 10.1. The van der Waals surface area contributed by atoms with Crippen LogP contribution in [-0.2, 0) is 9.59 Å². The molecule has 3 aromatic rings. The maximum atomic E-state index is 13.1. The fourth-order valence-corrected chi connectivity index (χ4v) is 3.22. The molecule has 176 valence electrons. The Balaban J connectivity index is 1.73. The highest BCUT2D eigenvalue weighted by atomic mass is 19.1. The van der Waals surface area contributed by atoms with Crippen molar-refractivity contribution in [2.75, 3.05) is 35.7 Å². The molecule has 9 heteroatoms. The van der Waals surface area contributed by atoms with E-state index in [0.29, 0.717) is 22.8 Å². The fourth-order valence-electron chi connectivity index (χ4n) is 3.22. The molecular weight excluding hydrogens is 439 g/mol. The van der Waals surface area contributed by atoms with Crippen molar-refractivity contribution in [3.8, 4) is 5.75 Å². The zero-order chi connectivity index (χ0) is 24.5. The first-order valence-corrected chi connectivity index (χ1v) is 10.5. The van der Waals surface area contributed by atoms with Crippen molar-refractivity contribution in [2.45, 2.75) is 6.42 Å². The molecule has 0 aliphatic rings. The number of ether oxygens (including phenoxy) is 1. The predicted octanol–water partition coefficient (Wildman–Crippen LogP) is 3.41. The molecule has 3 rings (SSSR count). The van der Waals surface area contributed by atoms with Gasteiger partial charge in [-0.15, -0.1) is 0 Å². The maximum Gasteiger partial charge on any atom is 0.257 e. The van der Waals surface area contributed by atoms with E-state index in [2.05, 4.69) is 10.6 Å². The van der Waals surface area contributed by atoms with Gasteiger partial charge in [-0.2, -0.15) is 0 Å². The minimum absolute atomic E-state index is 0.0654.